The van der Waals surface area contributed by atoms with Crippen LogP contribution in [-0.2, 0) is 0 Å². The van der Waals surface area contributed by atoms with Crippen LogP contribution in [0.15, 0.2) is 10.5 Å². The van der Waals surface area contributed by atoms with Crippen molar-refractivity contribution in [1.29, 1.82) is 0 Å². The van der Waals surface area contributed by atoms with Crippen LogP contribution in [0.4, 0.5) is 0 Å². The number of halogens is 1. The molecule has 2 rings (SSSR count). The van der Waals surface area contributed by atoms with Gasteiger partial charge in [0.2, 0.25) is 6.79 Å². The quantitative estimate of drug-likeness (QED) is 0.889. The summed E-state index contributed by atoms with van der Waals surface area (Å²) >= 11 is 3.42. The van der Waals surface area contributed by atoms with Crippen molar-refractivity contribution in [1.82, 2.24) is 5.32 Å². The van der Waals surface area contributed by atoms with E-state index >= 15 is 0 Å². The Morgan fingerprint density at radius 2 is 2.19 bits per heavy atom. The van der Waals surface area contributed by atoms with E-state index in [1.165, 1.54) is 0 Å². The number of ether oxygens (including phenoxy) is 2. The predicted octanol–water partition coefficient (Wildman–Crippen LogP) is 1.74. The van der Waals surface area contributed by atoms with Crippen molar-refractivity contribution in [2.24, 2.45) is 0 Å². The molecule has 0 fully saturated rings. The zero-order chi connectivity index (χ0) is 11.7. The van der Waals surface area contributed by atoms with Crippen LogP contribution in [0.5, 0.6) is 11.5 Å². The Labute approximate surface area is 103 Å². The molecule has 5 heteroatoms. The highest BCUT2D eigenvalue weighted by atomic mass is 79.9. The molecule has 1 aliphatic heterocycles. The Hall–Kier alpha value is -0.780. The number of hydrogen-bond acceptors (Lipinski definition) is 4. The van der Waals surface area contributed by atoms with Gasteiger partial charge in [-0.3, -0.25) is 0 Å². The van der Waals surface area contributed by atoms with Gasteiger partial charge in [-0.15, -0.1) is 0 Å². The van der Waals surface area contributed by atoms with Gasteiger partial charge in [-0.1, -0.05) is 0 Å². The van der Waals surface area contributed by atoms with Gasteiger partial charge < -0.3 is 19.9 Å². The summed E-state index contributed by atoms with van der Waals surface area (Å²) in [5.41, 5.74) is 1.78. The van der Waals surface area contributed by atoms with E-state index in [9.17, 15) is 5.11 Å². The average Bonchev–Trinajstić information content (AvgIpc) is 2.73. The van der Waals surface area contributed by atoms with E-state index in [-0.39, 0.29) is 6.79 Å². The molecule has 0 saturated carbocycles. The first-order chi connectivity index (χ1) is 7.65. The van der Waals surface area contributed by atoms with Crippen LogP contribution < -0.4 is 14.8 Å². The summed E-state index contributed by atoms with van der Waals surface area (Å²) in [6.07, 6.45) is -0.546. The highest BCUT2D eigenvalue weighted by Crippen LogP contribution is 2.44. The number of likely N-dealkylation sites (N-methyl/N-ethyl adjacent to an activating group) is 1. The first-order valence-electron chi connectivity index (χ1n) is 5.06. The van der Waals surface area contributed by atoms with Gasteiger partial charge in [0.1, 0.15) is 0 Å². The second-order valence-electron chi connectivity index (χ2n) is 3.71. The standard InChI is InChI=1S/C11H14BrNO3/c1-6-7(9(14)4-13-2)3-8(12)11-10(6)15-5-16-11/h3,9,13-14H,4-5H2,1-2H3. The molecule has 1 unspecified atom stereocenters. The molecule has 0 aliphatic carbocycles. The number of aliphatic hydroxyl groups is 1. The van der Waals surface area contributed by atoms with Crippen LogP contribution in [0, 0.1) is 6.92 Å². The molecular weight excluding hydrogens is 274 g/mol. The molecule has 1 atom stereocenters. The van der Waals surface area contributed by atoms with Crippen molar-refractivity contribution in [3.05, 3.63) is 21.7 Å². The fourth-order valence-electron chi connectivity index (χ4n) is 1.83. The molecule has 0 saturated heterocycles. The summed E-state index contributed by atoms with van der Waals surface area (Å²) in [5.74, 6) is 1.44. The lowest BCUT2D eigenvalue weighted by Gasteiger charge is -2.15. The molecule has 88 valence electrons. The number of benzene rings is 1. The Bertz CT molecular complexity index is 409. The first-order valence-corrected chi connectivity index (χ1v) is 5.85. The smallest absolute Gasteiger partial charge is 0.231 e. The van der Waals surface area contributed by atoms with Crippen LogP contribution in [0.1, 0.15) is 17.2 Å². The Morgan fingerprint density at radius 1 is 1.50 bits per heavy atom. The SMILES string of the molecule is CNCC(O)c1cc(Br)c2c(c1C)OCO2. The lowest BCUT2D eigenvalue weighted by Crippen LogP contribution is -2.17. The summed E-state index contributed by atoms with van der Waals surface area (Å²) in [6, 6.07) is 1.88. The minimum Gasteiger partial charge on any atom is -0.453 e. The normalized spacial score (nSPS) is 15.2. The molecule has 0 radical (unpaired) electrons. The molecule has 0 bridgehead atoms. The molecule has 0 spiro atoms. The maximum Gasteiger partial charge on any atom is 0.231 e. The molecule has 1 aromatic carbocycles. The molecule has 2 N–H and O–H groups in total. The van der Waals surface area contributed by atoms with Gasteiger partial charge in [-0.2, -0.15) is 0 Å². The molecule has 0 aromatic heterocycles. The Morgan fingerprint density at radius 3 is 2.88 bits per heavy atom. The molecule has 4 nitrogen and oxygen atoms in total. The van der Waals surface area contributed by atoms with Gasteiger partial charge in [-0.25, -0.2) is 0 Å². The number of rotatable bonds is 3. The van der Waals surface area contributed by atoms with Crippen molar-refractivity contribution in [2.45, 2.75) is 13.0 Å². The molecular formula is C11H14BrNO3. The van der Waals surface area contributed by atoms with Gasteiger partial charge in [0.05, 0.1) is 10.6 Å². The first kappa shape index (κ1) is 11.7. The fraction of sp³-hybridized carbons (Fsp3) is 0.455. The van der Waals surface area contributed by atoms with Gasteiger partial charge in [0.25, 0.3) is 0 Å². The topological polar surface area (TPSA) is 50.7 Å². The van der Waals surface area contributed by atoms with E-state index in [0.717, 1.165) is 27.1 Å². The summed E-state index contributed by atoms with van der Waals surface area (Å²) in [6.45, 7) is 2.67. The van der Waals surface area contributed by atoms with Crippen molar-refractivity contribution in [2.75, 3.05) is 20.4 Å². The molecule has 1 aromatic rings. The van der Waals surface area contributed by atoms with Gasteiger partial charge in [0, 0.05) is 12.1 Å². The third-order valence-corrected chi connectivity index (χ3v) is 3.23. The molecule has 1 aliphatic rings. The highest BCUT2D eigenvalue weighted by Gasteiger charge is 2.24. The summed E-state index contributed by atoms with van der Waals surface area (Å²) in [7, 11) is 1.81. The molecule has 0 amide bonds. The van der Waals surface area contributed by atoms with Crippen LogP contribution in [0.3, 0.4) is 0 Å². The Kier molecular flexibility index (Phi) is 3.37. The monoisotopic (exact) mass is 287 g/mol. The maximum absolute atomic E-state index is 9.98. The van der Waals surface area contributed by atoms with Crippen LogP contribution in [0.25, 0.3) is 0 Å². The van der Waals surface area contributed by atoms with Crippen molar-refractivity contribution >= 4 is 15.9 Å². The van der Waals surface area contributed by atoms with Gasteiger partial charge in [0.15, 0.2) is 11.5 Å². The van der Waals surface area contributed by atoms with E-state index in [1.807, 2.05) is 13.0 Å². The third kappa shape index (κ3) is 1.90. The van der Waals surface area contributed by atoms with E-state index in [4.69, 9.17) is 9.47 Å². The van der Waals surface area contributed by atoms with Crippen LogP contribution in [0.2, 0.25) is 0 Å². The number of fused-ring (bicyclic) bond motifs is 1. The van der Waals surface area contributed by atoms with E-state index < -0.39 is 6.10 Å². The predicted molar refractivity (Wildman–Crippen MR) is 63.9 cm³/mol. The number of aliphatic hydroxyl groups excluding tert-OH is 1. The van der Waals surface area contributed by atoms with Gasteiger partial charge in [-0.05, 0) is 41.5 Å². The number of nitrogens with one attached hydrogen (secondary N) is 1. The zero-order valence-corrected chi connectivity index (χ0v) is 10.8. The maximum atomic E-state index is 9.98. The lowest BCUT2D eigenvalue weighted by molar-refractivity contribution is 0.170. The summed E-state index contributed by atoms with van der Waals surface area (Å²) < 4.78 is 11.5. The van der Waals surface area contributed by atoms with E-state index in [0.29, 0.717) is 6.54 Å². The lowest BCUT2D eigenvalue weighted by atomic mass is 10.0. The molecule has 1 heterocycles. The van der Waals surface area contributed by atoms with E-state index in [2.05, 4.69) is 21.2 Å². The van der Waals surface area contributed by atoms with Crippen LogP contribution >= 0.6 is 15.9 Å². The average molecular weight is 288 g/mol. The van der Waals surface area contributed by atoms with Crippen molar-refractivity contribution in [3.63, 3.8) is 0 Å². The fourth-order valence-corrected chi connectivity index (χ4v) is 2.37. The minimum absolute atomic E-state index is 0.236. The second kappa shape index (κ2) is 4.61. The van der Waals surface area contributed by atoms with E-state index in [1.54, 1.807) is 7.05 Å². The van der Waals surface area contributed by atoms with Crippen molar-refractivity contribution in [3.8, 4) is 11.5 Å². The van der Waals surface area contributed by atoms with Crippen molar-refractivity contribution < 1.29 is 14.6 Å². The van der Waals surface area contributed by atoms with Gasteiger partial charge >= 0.3 is 0 Å². The highest BCUT2D eigenvalue weighted by molar-refractivity contribution is 9.10. The Balaban J connectivity index is 2.44. The minimum atomic E-state index is -0.546. The zero-order valence-electron chi connectivity index (χ0n) is 9.21. The number of hydrogen-bond donors (Lipinski definition) is 2. The summed E-state index contributed by atoms with van der Waals surface area (Å²) in [4.78, 5) is 0. The van der Waals surface area contributed by atoms with Crippen LogP contribution in [-0.4, -0.2) is 25.5 Å². The molecule has 16 heavy (non-hydrogen) atoms. The second-order valence-corrected chi connectivity index (χ2v) is 4.57. The third-order valence-electron chi connectivity index (χ3n) is 2.64. The summed E-state index contributed by atoms with van der Waals surface area (Å²) in [5, 5.41) is 12.9. The largest absolute Gasteiger partial charge is 0.453 e.